The van der Waals surface area contributed by atoms with Crippen LogP contribution in [0.25, 0.3) is 0 Å². The van der Waals surface area contributed by atoms with Crippen LogP contribution >= 0.6 is 58.1 Å². The van der Waals surface area contributed by atoms with Crippen LogP contribution in [0.3, 0.4) is 0 Å². The van der Waals surface area contributed by atoms with Gasteiger partial charge >= 0.3 is 104 Å². The third-order valence-electron chi connectivity index (χ3n) is 0. The summed E-state index contributed by atoms with van der Waals surface area (Å²) >= 11 is -1.04. The van der Waals surface area contributed by atoms with E-state index >= 15 is 0 Å². The average Bonchev–Trinajstić information content (AvgIpc) is 1.70. The van der Waals surface area contributed by atoms with E-state index in [1.54, 1.807) is 0 Å². The number of halogens is 6. The van der Waals surface area contributed by atoms with Gasteiger partial charge in [0, 0.05) is 0 Å². The number of rotatable bonds is 0. The van der Waals surface area contributed by atoms with Crippen LogP contribution in [0.4, 0.5) is 0 Å². The summed E-state index contributed by atoms with van der Waals surface area (Å²) in [5.74, 6) is 0. The van der Waals surface area contributed by atoms with Crippen molar-refractivity contribution in [2.45, 2.75) is 0 Å². The Bertz CT molecular complexity index is 48.6. The standard InChI is InChI=1S/6ClH.14H3N.3H2O.3Ru/h6*1H;14*1H3;3*1H2;;;/q;;;;;;;;;;;;;;;;;;;;;;;3*+2/p-6. The summed E-state index contributed by atoms with van der Waals surface area (Å²) in [6.07, 6.45) is 0. The predicted molar refractivity (Wildman–Crippen MR) is 116 cm³/mol. The Morgan fingerprint density at radius 3 is 0.231 bits per heavy atom. The third-order valence-corrected chi connectivity index (χ3v) is 0. The Kier molecular flexibility index (Phi) is 6270. The van der Waals surface area contributed by atoms with E-state index in [4.69, 9.17) is 58.1 Å². The van der Waals surface area contributed by atoms with Crippen LogP contribution in [0.15, 0.2) is 0 Å². The second-order valence-corrected chi connectivity index (χ2v) is 8.07. The first-order chi connectivity index (χ1) is 4.24. The normalized spacial score (nSPS) is 2.54. The monoisotopic (exact) mass is 808 g/mol. The van der Waals surface area contributed by atoms with Gasteiger partial charge in [-0.15, -0.1) is 0 Å². The van der Waals surface area contributed by atoms with Gasteiger partial charge in [0.15, 0.2) is 0 Å². The molecule has 0 fully saturated rings. The molecule has 0 radical (unpaired) electrons. The molecular formula is H48Cl6N14O3Ru3. The predicted octanol–water partition coefficient (Wildman–Crippen LogP) is 3.92. The van der Waals surface area contributed by atoms with Crippen LogP contribution in [0.2, 0.25) is 0 Å². The van der Waals surface area contributed by atoms with Gasteiger partial charge in [-0.3, -0.25) is 0 Å². The van der Waals surface area contributed by atoms with Crippen molar-refractivity contribution in [1.82, 2.24) is 86.1 Å². The van der Waals surface area contributed by atoms with E-state index in [-0.39, 0.29) is 148 Å². The molecule has 0 aromatic heterocycles. The van der Waals surface area contributed by atoms with E-state index in [9.17, 15) is 0 Å². The summed E-state index contributed by atoms with van der Waals surface area (Å²) in [5, 5.41) is 0. The van der Waals surface area contributed by atoms with Crippen LogP contribution in [0, 0.1) is 0 Å². The van der Waals surface area contributed by atoms with Crippen LogP contribution in [-0.2, 0) is 45.4 Å². The Morgan fingerprint density at radius 2 is 0.231 bits per heavy atom. The van der Waals surface area contributed by atoms with Crippen LogP contribution in [0.5, 0.6) is 0 Å². The van der Waals surface area contributed by atoms with E-state index in [0.717, 1.165) is 0 Å². The Hall–Kier alpha value is 2.93. The van der Waals surface area contributed by atoms with Crippen molar-refractivity contribution in [1.29, 1.82) is 0 Å². The van der Waals surface area contributed by atoms with Gasteiger partial charge in [0.25, 0.3) is 0 Å². The SMILES string of the molecule is N.N.N.N.N.N.N.N.N.N.N.N.N.N.O.O.O.[Cl][Ru][Cl].[Cl][Ru][Cl].[Cl][Ru][Cl]. The molecular weight excluding hydrogens is 760 g/mol. The first-order valence-electron chi connectivity index (χ1n) is 0.802. The minimum atomic E-state index is -0.346. The summed E-state index contributed by atoms with van der Waals surface area (Å²) in [6.45, 7) is 0. The van der Waals surface area contributed by atoms with Crippen LogP contribution in [0.1, 0.15) is 0 Å². The van der Waals surface area contributed by atoms with Gasteiger partial charge in [0.05, 0.1) is 0 Å². The minimum absolute atomic E-state index is 0. The molecule has 17 nitrogen and oxygen atoms in total. The fourth-order valence-corrected chi connectivity index (χ4v) is 0. The van der Waals surface area contributed by atoms with E-state index in [1.807, 2.05) is 0 Å². The summed E-state index contributed by atoms with van der Waals surface area (Å²) in [7, 11) is 29.1. The quantitative estimate of drug-likeness (QED) is 0.154. The fraction of sp³-hybridized carbons (Fsp3) is 0. The Morgan fingerprint density at radius 1 is 0.231 bits per heavy atom. The second-order valence-electron chi connectivity index (χ2n) is 0.152. The van der Waals surface area contributed by atoms with Gasteiger partial charge < -0.3 is 103 Å². The third kappa shape index (κ3) is 2110. The number of hydrogen-bond donors (Lipinski definition) is 14. The van der Waals surface area contributed by atoms with Crippen molar-refractivity contribution in [3.05, 3.63) is 0 Å². The van der Waals surface area contributed by atoms with Gasteiger partial charge in [-0.2, -0.15) is 0 Å². The molecule has 0 amide bonds. The molecule has 0 aromatic carbocycles. The molecule has 0 unspecified atom stereocenters. The van der Waals surface area contributed by atoms with E-state index in [2.05, 4.69) is 0 Å². The molecule has 0 aliphatic rings. The van der Waals surface area contributed by atoms with Gasteiger partial charge in [-0.25, -0.2) is 0 Å². The van der Waals surface area contributed by atoms with E-state index in [1.165, 1.54) is 0 Å². The van der Waals surface area contributed by atoms with Crippen molar-refractivity contribution >= 4 is 58.1 Å². The van der Waals surface area contributed by atoms with E-state index < -0.39 is 0 Å². The maximum atomic E-state index is 4.85. The van der Waals surface area contributed by atoms with Crippen molar-refractivity contribution in [2.24, 2.45) is 0 Å². The first-order valence-corrected chi connectivity index (χ1v) is 14.2. The molecule has 0 spiro atoms. The van der Waals surface area contributed by atoms with Gasteiger partial charge in [-0.05, 0) is 0 Å². The molecule has 0 aromatic rings. The Balaban J connectivity index is -0.000000000870. The molecule has 0 saturated heterocycles. The number of hydrogen-bond acceptors (Lipinski definition) is 14. The summed E-state index contributed by atoms with van der Waals surface area (Å²) in [5.41, 5.74) is 0. The van der Waals surface area contributed by atoms with Gasteiger partial charge in [-0.1, -0.05) is 0 Å². The summed E-state index contributed by atoms with van der Waals surface area (Å²) < 4.78 is 0. The molecule has 0 atom stereocenters. The molecule has 0 rings (SSSR count). The zero-order valence-corrected chi connectivity index (χ0v) is 24.5. The van der Waals surface area contributed by atoms with Crippen LogP contribution < -0.4 is 86.1 Å². The molecule has 0 aliphatic carbocycles. The maximum absolute atomic E-state index is 4.85. The van der Waals surface area contributed by atoms with Crippen LogP contribution in [-0.4, -0.2) is 16.4 Å². The topological polar surface area (TPSA) is 584 Å². The zero-order chi connectivity index (χ0) is 8.12. The Labute approximate surface area is 204 Å². The van der Waals surface area contributed by atoms with Gasteiger partial charge in [0.1, 0.15) is 0 Å². The summed E-state index contributed by atoms with van der Waals surface area (Å²) in [6, 6.07) is 0. The van der Waals surface area contributed by atoms with Crippen molar-refractivity contribution < 1.29 is 61.9 Å². The van der Waals surface area contributed by atoms with Crippen molar-refractivity contribution in [3.63, 3.8) is 0 Å². The molecule has 48 N–H and O–H groups in total. The molecule has 202 valence electrons. The second kappa shape index (κ2) is 576. The molecule has 0 saturated carbocycles. The molecule has 0 aliphatic heterocycles. The van der Waals surface area contributed by atoms with Crippen molar-refractivity contribution in [3.8, 4) is 0 Å². The first kappa shape index (κ1) is 283. The molecule has 26 heteroatoms. The summed E-state index contributed by atoms with van der Waals surface area (Å²) in [4.78, 5) is 0. The van der Waals surface area contributed by atoms with Crippen molar-refractivity contribution in [2.75, 3.05) is 0 Å². The molecule has 26 heavy (non-hydrogen) atoms. The fourth-order valence-electron chi connectivity index (χ4n) is 0. The molecule has 0 heterocycles. The van der Waals surface area contributed by atoms with Gasteiger partial charge in [0.2, 0.25) is 0 Å². The zero-order valence-electron chi connectivity index (χ0n) is 14.7. The average molecular weight is 808 g/mol. The molecule has 0 bridgehead atoms. The van der Waals surface area contributed by atoms with E-state index in [0.29, 0.717) is 0 Å².